The average molecular weight is 480 g/mol. The third-order valence-electron chi connectivity index (χ3n) is 4.99. The number of nitrogens with one attached hydrogen (secondary N) is 1. The van der Waals surface area contributed by atoms with Gasteiger partial charge >= 0.3 is 0 Å². The molecule has 1 atom stereocenters. The van der Waals surface area contributed by atoms with E-state index in [1.54, 1.807) is 17.2 Å². The van der Waals surface area contributed by atoms with Gasteiger partial charge in [0, 0.05) is 24.5 Å². The summed E-state index contributed by atoms with van der Waals surface area (Å²) in [7, 11) is -4.03. The number of rotatable bonds is 6. The second-order valence-electron chi connectivity index (χ2n) is 7.07. The number of likely N-dealkylation sites (tertiary alicyclic amines) is 1. The van der Waals surface area contributed by atoms with E-state index in [9.17, 15) is 13.2 Å². The fraction of sp³-hybridized carbons (Fsp3) is 0.238. The first-order chi connectivity index (χ1) is 14.8. The quantitative estimate of drug-likeness (QED) is 0.584. The zero-order valence-corrected chi connectivity index (χ0v) is 18.6. The van der Waals surface area contributed by atoms with Gasteiger partial charge < -0.3 is 9.64 Å². The molecule has 162 valence electrons. The summed E-state index contributed by atoms with van der Waals surface area (Å²) in [5.74, 6) is 0.306. The van der Waals surface area contributed by atoms with Crippen molar-refractivity contribution in [1.82, 2.24) is 14.6 Å². The lowest BCUT2D eigenvalue weighted by Crippen LogP contribution is -2.39. The van der Waals surface area contributed by atoms with Crippen molar-refractivity contribution in [3.63, 3.8) is 0 Å². The molecule has 1 aliphatic heterocycles. The Labute approximate surface area is 190 Å². The van der Waals surface area contributed by atoms with Crippen LogP contribution in [0, 0.1) is 0 Å². The second-order valence-corrected chi connectivity index (χ2v) is 9.59. The molecule has 1 unspecified atom stereocenters. The molecule has 1 fully saturated rings. The molecule has 2 aromatic carbocycles. The predicted octanol–water partition coefficient (Wildman–Crippen LogP) is 3.50. The minimum absolute atomic E-state index is 0.00853. The number of sulfonamides is 1. The summed E-state index contributed by atoms with van der Waals surface area (Å²) < 4.78 is 33.5. The molecule has 1 aliphatic rings. The van der Waals surface area contributed by atoms with Crippen molar-refractivity contribution in [2.75, 3.05) is 19.6 Å². The second kappa shape index (κ2) is 9.00. The van der Waals surface area contributed by atoms with Crippen LogP contribution in [0.1, 0.15) is 6.42 Å². The molecule has 3 aromatic rings. The summed E-state index contributed by atoms with van der Waals surface area (Å²) in [6.07, 6.45) is 2.14. The van der Waals surface area contributed by atoms with Gasteiger partial charge in [0.05, 0.1) is 23.1 Å². The van der Waals surface area contributed by atoms with Crippen LogP contribution in [0.5, 0.6) is 5.75 Å². The molecule has 0 saturated carbocycles. The number of ether oxygens (including phenoxy) is 1. The number of fused-ring (bicyclic) bond motifs is 1. The van der Waals surface area contributed by atoms with Gasteiger partial charge in [0.25, 0.3) is 0 Å². The maximum absolute atomic E-state index is 12.6. The fourth-order valence-corrected chi connectivity index (χ4v) is 5.60. The molecule has 31 heavy (non-hydrogen) atoms. The van der Waals surface area contributed by atoms with Crippen LogP contribution in [-0.4, -0.2) is 49.9 Å². The highest BCUT2D eigenvalue weighted by molar-refractivity contribution is 7.89. The number of carbonyl (C=O) groups is 1. The third kappa shape index (κ3) is 4.77. The van der Waals surface area contributed by atoms with Crippen LogP contribution in [0.2, 0.25) is 10.0 Å². The Morgan fingerprint density at radius 3 is 2.61 bits per heavy atom. The molecular weight excluding hydrogens is 461 g/mol. The van der Waals surface area contributed by atoms with Crippen molar-refractivity contribution >= 4 is 50.0 Å². The van der Waals surface area contributed by atoms with Gasteiger partial charge in [-0.1, -0.05) is 47.5 Å². The normalized spacial score (nSPS) is 16.6. The highest BCUT2D eigenvalue weighted by Gasteiger charge is 2.29. The number of benzene rings is 2. The van der Waals surface area contributed by atoms with Crippen molar-refractivity contribution < 1.29 is 17.9 Å². The lowest BCUT2D eigenvalue weighted by molar-refractivity contribution is -0.129. The largest absolute Gasteiger partial charge is 0.486 e. The van der Waals surface area contributed by atoms with Crippen LogP contribution >= 0.6 is 23.2 Å². The van der Waals surface area contributed by atoms with Crippen LogP contribution in [0.15, 0.2) is 59.6 Å². The molecule has 4 rings (SSSR count). The van der Waals surface area contributed by atoms with Crippen LogP contribution in [0.4, 0.5) is 0 Å². The number of halogens is 2. The van der Waals surface area contributed by atoms with E-state index in [4.69, 9.17) is 27.9 Å². The number of amides is 1. The number of hydrogen-bond donors (Lipinski definition) is 1. The first kappa shape index (κ1) is 21.8. The van der Waals surface area contributed by atoms with Gasteiger partial charge in [0.15, 0.2) is 0 Å². The lowest BCUT2D eigenvalue weighted by Gasteiger charge is -2.18. The third-order valence-corrected chi connectivity index (χ3v) is 7.34. The van der Waals surface area contributed by atoms with E-state index >= 15 is 0 Å². The fourth-order valence-electron chi connectivity index (χ4n) is 3.48. The summed E-state index contributed by atoms with van der Waals surface area (Å²) in [5, 5.41) is 0.954. The van der Waals surface area contributed by atoms with Crippen molar-refractivity contribution in [2.24, 2.45) is 0 Å². The van der Waals surface area contributed by atoms with Crippen molar-refractivity contribution in [1.29, 1.82) is 0 Å². The molecule has 0 bridgehead atoms. The first-order valence-corrected chi connectivity index (χ1v) is 11.8. The summed E-state index contributed by atoms with van der Waals surface area (Å²) >= 11 is 11.9. The Kier molecular flexibility index (Phi) is 6.34. The average Bonchev–Trinajstić information content (AvgIpc) is 3.21. The van der Waals surface area contributed by atoms with Crippen LogP contribution in [0.3, 0.4) is 0 Å². The number of hydrogen-bond acceptors (Lipinski definition) is 5. The van der Waals surface area contributed by atoms with E-state index in [0.717, 1.165) is 10.9 Å². The lowest BCUT2D eigenvalue weighted by atomic mass is 10.2. The number of nitrogens with zero attached hydrogens (tertiary/aromatic N) is 2. The molecule has 0 aliphatic carbocycles. The van der Waals surface area contributed by atoms with E-state index in [-0.39, 0.29) is 27.0 Å². The topological polar surface area (TPSA) is 88.6 Å². The molecule has 1 saturated heterocycles. The molecule has 1 amide bonds. The molecular formula is C21H19Cl2N3O4S. The van der Waals surface area contributed by atoms with E-state index in [0.29, 0.717) is 25.3 Å². The number of carbonyl (C=O) groups excluding carboxylic acids is 1. The zero-order chi connectivity index (χ0) is 22.0. The van der Waals surface area contributed by atoms with E-state index in [1.165, 1.54) is 12.1 Å². The molecule has 0 radical (unpaired) electrons. The van der Waals surface area contributed by atoms with Gasteiger partial charge in [0.1, 0.15) is 22.3 Å². The Balaban J connectivity index is 1.38. The summed E-state index contributed by atoms with van der Waals surface area (Å²) in [6.45, 7) is 0.430. The monoisotopic (exact) mass is 479 g/mol. The van der Waals surface area contributed by atoms with Crippen LogP contribution in [-0.2, 0) is 14.8 Å². The number of para-hydroxylation sites is 1. The standard InChI is InChI=1S/C21H19Cl2N3O4S/c22-16-6-2-7-17(23)21(16)31(28,29)25-12-19(27)26-11-9-15(13-26)30-18-8-1-4-14-5-3-10-24-20(14)18/h1-8,10,15,25H,9,11-13H2. The molecule has 10 heteroatoms. The van der Waals surface area contributed by atoms with Gasteiger partial charge in [-0.25, -0.2) is 13.1 Å². The van der Waals surface area contributed by atoms with E-state index in [1.807, 2.05) is 30.3 Å². The zero-order valence-electron chi connectivity index (χ0n) is 16.3. The Bertz CT molecular complexity index is 1210. The molecule has 7 nitrogen and oxygen atoms in total. The number of pyridine rings is 1. The van der Waals surface area contributed by atoms with E-state index in [2.05, 4.69) is 9.71 Å². The maximum Gasteiger partial charge on any atom is 0.244 e. The maximum atomic E-state index is 12.6. The van der Waals surface area contributed by atoms with E-state index < -0.39 is 16.6 Å². The predicted molar refractivity (Wildman–Crippen MR) is 119 cm³/mol. The van der Waals surface area contributed by atoms with Crippen LogP contribution < -0.4 is 9.46 Å². The van der Waals surface area contributed by atoms with Crippen molar-refractivity contribution in [3.8, 4) is 5.75 Å². The minimum Gasteiger partial charge on any atom is -0.486 e. The Morgan fingerprint density at radius 2 is 1.84 bits per heavy atom. The van der Waals surface area contributed by atoms with Gasteiger partial charge in [0.2, 0.25) is 15.9 Å². The van der Waals surface area contributed by atoms with Gasteiger partial charge in [-0.05, 0) is 24.3 Å². The molecule has 1 N–H and O–H groups in total. The Hall–Kier alpha value is -2.39. The highest BCUT2D eigenvalue weighted by Crippen LogP contribution is 2.29. The number of aromatic nitrogens is 1. The van der Waals surface area contributed by atoms with Gasteiger partial charge in [-0.2, -0.15) is 0 Å². The summed E-state index contributed by atoms with van der Waals surface area (Å²) in [6, 6.07) is 13.9. The van der Waals surface area contributed by atoms with Gasteiger partial charge in [-0.3, -0.25) is 9.78 Å². The summed E-state index contributed by atoms with van der Waals surface area (Å²) in [4.78, 5) is 18.3. The SMILES string of the molecule is O=C(CNS(=O)(=O)c1c(Cl)cccc1Cl)N1CCC(Oc2cccc3cccnc23)C1. The smallest absolute Gasteiger partial charge is 0.244 e. The Morgan fingerprint density at radius 1 is 1.13 bits per heavy atom. The first-order valence-electron chi connectivity index (χ1n) is 9.57. The summed E-state index contributed by atoms with van der Waals surface area (Å²) in [5.41, 5.74) is 0.763. The molecule has 0 spiro atoms. The molecule has 1 aromatic heterocycles. The van der Waals surface area contributed by atoms with Crippen LogP contribution in [0.25, 0.3) is 10.9 Å². The minimum atomic E-state index is -4.03. The van der Waals surface area contributed by atoms with Crippen molar-refractivity contribution in [2.45, 2.75) is 17.4 Å². The highest BCUT2D eigenvalue weighted by atomic mass is 35.5. The molecule has 2 heterocycles. The van der Waals surface area contributed by atoms with Crippen molar-refractivity contribution in [3.05, 3.63) is 64.8 Å². The van der Waals surface area contributed by atoms with Gasteiger partial charge in [-0.15, -0.1) is 0 Å².